The van der Waals surface area contributed by atoms with E-state index in [-0.39, 0.29) is 11.9 Å². The summed E-state index contributed by atoms with van der Waals surface area (Å²) in [7, 11) is 1.74. The van der Waals surface area contributed by atoms with Crippen LogP contribution in [0, 0.1) is 0 Å². The molecule has 1 aromatic rings. The third-order valence-electron chi connectivity index (χ3n) is 2.99. The number of hydrogen-bond acceptors (Lipinski definition) is 4. The summed E-state index contributed by atoms with van der Waals surface area (Å²) in [4.78, 5) is 13.6. The van der Waals surface area contributed by atoms with Crippen molar-refractivity contribution < 1.29 is 14.3 Å². The van der Waals surface area contributed by atoms with E-state index in [0.717, 1.165) is 17.9 Å². The molecule has 19 heavy (non-hydrogen) atoms. The number of benzene rings is 1. The molecule has 5 nitrogen and oxygen atoms in total. The Balaban J connectivity index is 2.16. The van der Waals surface area contributed by atoms with Gasteiger partial charge in [0.05, 0.1) is 13.2 Å². The van der Waals surface area contributed by atoms with Crippen LogP contribution in [0.3, 0.4) is 0 Å². The highest BCUT2D eigenvalue weighted by Gasteiger charge is 2.16. The Bertz CT molecular complexity index is 460. The van der Waals surface area contributed by atoms with Crippen LogP contribution >= 0.6 is 0 Å². The van der Waals surface area contributed by atoms with Crippen LogP contribution in [0.2, 0.25) is 0 Å². The van der Waals surface area contributed by atoms with Gasteiger partial charge in [0.1, 0.15) is 0 Å². The second kappa shape index (κ2) is 5.93. The van der Waals surface area contributed by atoms with Gasteiger partial charge in [-0.05, 0) is 19.1 Å². The molecule has 1 amide bonds. The van der Waals surface area contributed by atoms with Gasteiger partial charge in [0.25, 0.3) is 0 Å². The summed E-state index contributed by atoms with van der Waals surface area (Å²) in [6.07, 6.45) is 1.19. The smallest absolute Gasteiger partial charge is 0.228 e. The van der Waals surface area contributed by atoms with E-state index >= 15 is 0 Å². The van der Waals surface area contributed by atoms with Gasteiger partial charge in [0.2, 0.25) is 5.91 Å². The van der Waals surface area contributed by atoms with Gasteiger partial charge < -0.3 is 20.1 Å². The SMILES string of the molecule is CC(N)CC(=O)N(C)c1ccc2c(c1)OCCCO2. The molecule has 1 heterocycles. The molecule has 2 rings (SSSR count). The number of amides is 1. The number of nitrogens with two attached hydrogens (primary N) is 1. The number of rotatable bonds is 3. The molecule has 0 spiro atoms. The lowest BCUT2D eigenvalue weighted by Crippen LogP contribution is -2.31. The molecule has 1 unspecified atom stereocenters. The maximum Gasteiger partial charge on any atom is 0.228 e. The largest absolute Gasteiger partial charge is 0.490 e. The molecule has 0 saturated heterocycles. The number of fused-ring (bicyclic) bond motifs is 1. The Morgan fingerprint density at radius 3 is 2.74 bits per heavy atom. The van der Waals surface area contributed by atoms with Crippen molar-refractivity contribution in [1.29, 1.82) is 0 Å². The highest BCUT2D eigenvalue weighted by atomic mass is 16.5. The van der Waals surface area contributed by atoms with E-state index in [1.54, 1.807) is 11.9 Å². The second-order valence-corrected chi connectivity index (χ2v) is 4.82. The van der Waals surface area contributed by atoms with Crippen molar-refractivity contribution in [3.63, 3.8) is 0 Å². The minimum Gasteiger partial charge on any atom is -0.490 e. The first-order chi connectivity index (χ1) is 9.08. The van der Waals surface area contributed by atoms with E-state index in [2.05, 4.69) is 0 Å². The van der Waals surface area contributed by atoms with Crippen LogP contribution in [-0.2, 0) is 4.79 Å². The van der Waals surface area contributed by atoms with Crippen molar-refractivity contribution in [2.45, 2.75) is 25.8 Å². The number of carbonyl (C=O) groups excluding carboxylic acids is 1. The molecule has 1 aliphatic rings. The quantitative estimate of drug-likeness (QED) is 0.899. The summed E-state index contributed by atoms with van der Waals surface area (Å²) < 4.78 is 11.2. The number of nitrogens with zero attached hydrogens (tertiary/aromatic N) is 1. The zero-order chi connectivity index (χ0) is 13.8. The summed E-state index contributed by atoms with van der Waals surface area (Å²) in [5.41, 5.74) is 6.44. The van der Waals surface area contributed by atoms with Crippen molar-refractivity contribution >= 4 is 11.6 Å². The average molecular weight is 264 g/mol. The minimum absolute atomic E-state index is 0.00973. The maximum absolute atomic E-state index is 12.0. The van der Waals surface area contributed by atoms with Crippen LogP contribution in [0.4, 0.5) is 5.69 Å². The normalized spacial score (nSPS) is 15.5. The molecule has 0 bridgehead atoms. The van der Waals surface area contributed by atoms with Crippen molar-refractivity contribution in [3.8, 4) is 11.5 Å². The molecular weight excluding hydrogens is 244 g/mol. The van der Waals surface area contributed by atoms with E-state index in [9.17, 15) is 4.79 Å². The molecular formula is C14H20N2O3. The fourth-order valence-electron chi connectivity index (χ4n) is 1.92. The predicted octanol–water partition coefficient (Wildman–Crippen LogP) is 1.55. The van der Waals surface area contributed by atoms with Crippen molar-refractivity contribution in [3.05, 3.63) is 18.2 Å². The van der Waals surface area contributed by atoms with Crippen LogP contribution in [0.5, 0.6) is 11.5 Å². The van der Waals surface area contributed by atoms with E-state index in [1.165, 1.54) is 0 Å². The van der Waals surface area contributed by atoms with Gasteiger partial charge in [-0.25, -0.2) is 0 Å². The Morgan fingerprint density at radius 1 is 1.37 bits per heavy atom. The van der Waals surface area contributed by atoms with Crippen molar-refractivity contribution in [2.24, 2.45) is 5.73 Å². The van der Waals surface area contributed by atoms with Gasteiger partial charge in [-0.2, -0.15) is 0 Å². The van der Waals surface area contributed by atoms with E-state index in [0.29, 0.717) is 25.4 Å². The number of ether oxygens (including phenoxy) is 2. The number of hydrogen-bond donors (Lipinski definition) is 1. The fraction of sp³-hybridized carbons (Fsp3) is 0.500. The van der Waals surface area contributed by atoms with E-state index in [4.69, 9.17) is 15.2 Å². The standard InChI is InChI=1S/C14H20N2O3/c1-10(15)8-14(17)16(2)11-4-5-12-13(9-11)19-7-3-6-18-12/h4-5,9-10H,3,6-8,15H2,1-2H3. The summed E-state index contributed by atoms with van der Waals surface area (Å²) in [5.74, 6) is 1.41. The summed E-state index contributed by atoms with van der Waals surface area (Å²) in [5, 5.41) is 0. The highest BCUT2D eigenvalue weighted by molar-refractivity contribution is 5.93. The molecule has 1 aliphatic heterocycles. The molecule has 2 N–H and O–H groups in total. The zero-order valence-corrected chi connectivity index (χ0v) is 11.4. The monoisotopic (exact) mass is 264 g/mol. The number of carbonyl (C=O) groups is 1. The van der Waals surface area contributed by atoms with E-state index < -0.39 is 0 Å². The molecule has 0 radical (unpaired) electrons. The lowest BCUT2D eigenvalue weighted by atomic mass is 10.2. The van der Waals surface area contributed by atoms with Gasteiger partial charge >= 0.3 is 0 Å². The first-order valence-electron chi connectivity index (χ1n) is 6.49. The molecule has 0 aromatic heterocycles. The molecule has 104 valence electrons. The van der Waals surface area contributed by atoms with Crippen LogP contribution in [0.25, 0.3) is 0 Å². The molecule has 0 saturated carbocycles. The highest BCUT2D eigenvalue weighted by Crippen LogP contribution is 2.33. The molecule has 0 aliphatic carbocycles. The van der Waals surface area contributed by atoms with Crippen molar-refractivity contribution in [2.75, 3.05) is 25.2 Å². The van der Waals surface area contributed by atoms with Gasteiger partial charge in [0.15, 0.2) is 11.5 Å². The van der Waals surface area contributed by atoms with Gasteiger partial charge in [-0.1, -0.05) is 0 Å². The van der Waals surface area contributed by atoms with Gasteiger partial charge in [-0.15, -0.1) is 0 Å². The van der Waals surface area contributed by atoms with Crippen LogP contribution < -0.4 is 20.1 Å². The summed E-state index contributed by atoms with van der Waals surface area (Å²) in [6.45, 7) is 3.11. The van der Waals surface area contributed by atoms with Crippen LogP contribution in [0.15, 0.2) is 18.2 Å². The zero-order valence-electron chi connectivity index (χ0n) is 11.4. The molecule has 1 aromatic carbocycles. The van der Waals surface area contributed by atoms with Gasteiger partial charge in [-0.3, -0.25) is 4.79 Å². The summed E-state index contributed by atoms with van der Waals surface area (Å²) >= 11 is 0. The maximum atomic E-state index is 12.0. The summed E-state index contributed by atoms with van der Waals surface area (Å²) in [6, 6.07) is 5.38. The van der Waals surface area contributed by atoms with Crippen LogP contribution in [-0.4, -0.2) is 32.2 Å². The third-order valence-corrected chi connectivity index (χ3v) is 2.99. The average Bonchev–Trinajstić information content (AvgIpc) is 2.61. The minimum atomic E-state index is -0.143. The lowest BCUT2D eigenvalue weighted by Gasteiger charge is -2.19. The van der Waals surface area contributed by atoms with Gasteiger partial charge in [0, 0.05) is 37.7 Å². The lowest BCUT2D eigenvalue weighted by molar-refractivity contribution is -0.118. The Kier molecular flexibility index (Phi) is 4.27. The van der Waals surface area contributed by atoms with Crippen LogP contribution in [0.1, 0.15) is 19.8 Å². The molecule has 5 heteroatoms. The predicted molar refractivity (Wildman–Crippen MR) is 73.7 cm³/mol. The Morgan fingerprint density at radius 2 is 2.05 bits per heavy atom. The second-order valence-electron chi connectivity index (χ2n) is 4.82. The fourth-order valence-corrected chi connectivity index (χ4v) is 1.92. The first kappa shape index (κ1) is 13.7. The third kappa shape index (κ3) is 3.38. The van der Waals surface area contributed by atoms with E-state index in [1.807, 2.05) is 25.1 Å². The molecule has 1 atom stereocenters. The Labute approximate surface area is 113 Å². The topological polar surface area (TPSA) is 64.8 Å². The van der Waals surface area contributed by atoms with Crippen molar-refractivity contribution in [1.82, 2.24) is 0 Å². The Hall–Kier alpha value is -1.75. The molecule has 0 fully saturated rings. The first-order valence-corrected chi connectivity index (χ1v) is 6.49. The number of anilines is 1.